The fourth-order valence-electron chi connectivity index (χ4n) is 5.48. The highest BCUT2D eigenvalue weighted by Crippen LogP contribution is 2.47. The number of benzene rings is 3. The molecule has 0 radical (unpaired) electrons. The summed E-state index contributed by atoms with van der Waals surface area (Å²) in [7, 11) is 0. The number of carbonyl (C=O) groups is 2. The molecule has 0 fully saturated rings. The van der Waals surface area contributed by atoms with Gasteiger partial charge in [0.25, 0.3) is 0 Å². The normalized spacial score (nSPS) is 18.5. The number of aromatic hydroxyl groups is 1. The number of carbonyl (C=O) groups excluding carboxylic acids is 2. The van der Waals surface area contributed by atoms with Crippen LogP contribution in [-0.2, 0) is 14.3 Å². The Hall–Kier alpha value is -4.23. The van der Waals surface area contributed by atoms with Gasteiger partial charge in [-0.2, -0.15) is 0 Å². The van der Waals surface area contributed by atoms with Crippen LogP contribution < -0.4 is 14.8 Å². The van der Waals surface area contributed by atoms with Gasteiger partial charge in [-0.25, -0.2) is 4.79 Å². The highest BCUT2D eigenvalue weighted by Gasteiger charge is 2.41. The third-order valence-corrected chi connectivity index (χ3v) is 7.59. The van der Waals surface area contributed by atoms with Gasteiger partial charge in [-0.15, -0.1) is 0 Å². The zero-order chi connectivity index (χ0) is 28.9. The zero-order valence-electron chi connectivity index (χ0n) is 23.0. The van der Waals surface area contributed by atoms with Gasteiger partial charge in [0.05, 0.1) is 12.2 Å². The van der Waals surface area contributed by atoms with Crippen molar-refractivity contribution in [2.75, 3.05) is 19.8 Å². The number of halogens is 1. The zero-order valence-corrected chi connectivity index (χ0v) is 23.7. The third kappa shape index (κ3) is 6.25. The Balaban J connectivity index is 1.46. The summed E-state index contributed by atoms with van der Waals surface area (Å²) in [6.45, 7) is 4.21. The van der Waals surface area contributed by atoms with E-state index in [9.17, 15) is 14.7 Å². The number of dihydropyridines is 1. The molecular formula is C33H32ClNO6. The minimum Gasteiger partial charge on any atom is -0.504 e. The first-order chi connectivity index (χ1) is 19.9. The summed E-state index contributed by atoms with van der Waals surface area (Å²) in [5.74, 6) is -0.355. The summed E-state index contributed by atoms with van der Waals surface area (Å²) in [6.07, 6.45) is 0.890. The molecular weight excluding hydrogens is 542 g/mol. The third-order valence-electron chi connectivity index (χ3n) is 7.33. The Morgan fingerprint density at radius 2 is 1.71 bits per heavy atom. The largest absolute Gasteiger partial charge is 0.504 e. The van der Waals surface area contributed by atoms with Crippen LogP contribution in [0.15, 0.2) is 95.3 Å². The van der Waals surface area contributed by atoms with Crippen LogP contribution in [-0.4, -0.2) is 36.7 Å². The minimum absolute atomic E-state index is 0.0144. The van der Waals surface area contributed by atoms with Crippen LogP contribution in [0, 0.1) is 0 Å². The van der Waals surface area contributed by atoms with E-state index in [0.29, 0.717) is 52.6 Å². The highest BCUT2D eigenvalue weighted by molar-refractivity contribution is 6.30. The molecule has 0 spiro atoms. The quantitative estimate of drug-likeness (QED) is 0.225. The highest BCUT2D eigenvalue weighted by atomic mass is 35.5. The summed E-state index contributed by atoms with van der Waals surface area (Å²) >= 11 is 6.09. The lowest BCUT2D eigenvalue weighted by Gasteiger charge is -2.36. The lowest BCUT2D eigenvalue weighted by Crippen LogP contribution is -2.36. The van der Waals surface area contributed by atoms with Gasteiger partial charge in [0.15, 0.2) is 17.3 Å². The topological polar surface area (TPSA) is 94.1 Å². The van der Waals surface area contributed by atoms with Gasteiger partial charge in [-0.3, -0.25) is 4.79 Å². The molecule has 1 aliphatic heterocycles. The van der Waals surface area contributed by atoms with Crippen molar-refractivity contribution in [1.29, 1.82) is 0 Å². The van der Waals surface area contributed by atoms with Crippen molar-refractivity contribution in [2.45, 2.75) is 38.5 Å². The van der Waals surface area contributed by atoms with Crippen molar-refractivity contribution in [2.24, 2.45) is 0 Å². The molecule has 2 aliphatic rings. The summed E-state index contributed by atoms with van der Waals surface area (Å²) < 4.78 is 17.0. The molecule has 2 N–H and O–H groups in total. The van der Waals surface area contributed by atoms with E-state index < -0.39 is 11.9 Å². The Morgan fingerprint density at radius 1 is 0.976 bits per heavy atom. The van der Waals surface area contributed by atoms with E-state index in [0.717, 1.165) is 11.3 Å². The number of ketones is 1. The summed E-state index contributed by atoms with van der Waals surface area (Å²) in [6, 6.07) is 21.8. The molecule has 0 amide bonds. The minimum atomic E-state index is -0.688. The predicted molar refractivity (Wildman–Crippen MR) is 156 cm³/mol. The second-order valence-electron chi connectivity index (χ2n) is 10.0. The monoisotopic (exact) mass is 573 g/mol. The lowest BCUT2D eigenvalue weighted by molar-refractivity contribution is -0.140. The molecule has 0 saturated carbocycles. The summed E-state index contributed by atoms with van der Waals surface area (Å²) in [5.41, 5.74) is 3.94. The van der Waals surface area contributed by atoms with Crippen molar-refractivity contribution < 1.29 is 28.9 Å². The average Bonchev–Trinajstić information content (AvgIpc) is 2.96. The fourth-order valence-corrected chi connectivity index (χ4v) is 5.61. The van der Waals surface area contributed by atoms with Gasteiger partial charge in [0.2, 0.25) is 0 Å². The van der Waals surface area contributed by atoms with Crippen LogP contribution in [0.4, 0.5) is 0 Å². The summed E-state index contributed by atoms with van der Waals surface area (Å²) in [4.78, 5) is 27.4. The maximum absolute atomic E-state index is 13.8. The average molecular weight is 574 g/mol. The number of para-hydroxylation sites is 1. The SMILES string of the molecule is CCOc1cc([C@H]2C(C(=O)OCCOc3ccccc3)=C(C)NC3=C2C(=O)C[C@H](c2ccc(Cl)cc2)C3)ccc1O. The molecule has 1 heterocycles. The van der Waals surface area contributed by atoms with Crippen LogP contribution in [0.5, 0.6) is 17.2 Å². The maximum Gasteiger partial charge on any atom is 0.336 e. The van der Waals surface area contributed by atoms with E-state index in [4.69, 9.17) is 25.8 Å². The molecule has 5 rings (SSSR count). The van der Waals surface area contributed by atoms with Gasteiger partial charge in [0, 0.05) is 34.3 Å². The molecule has 2 atom stereocenters. The molecule has 0 saturated heterocycles. The first-order valence-electron chi connectivity index (χ1n) is 13.7. The van der Waals surface area contributed by atoms with Crippen LogP contribution >= 0.6 is 11.6 Å². The van der Waals surface area contributed by atoms with Gasteiger partial charge in [0.1, 0.15) is 19.0 Å². The molecule has 3 aromatic rings. The van der Waals surface area contributed by atoms with Gasteiger partial charge < -0.3 is 24.6 Å². The molecule has 41 heavy (non-hydrogen) atoms. The number of hydrogen-bond acceptors (Lipinski definition) is 7. The number of nitrogens with one attached hydrogen (secondary N) is 1. The Labute approximate surface area is 244 Å². The van der Waals surface area contributed by atoms with Crippen molar-refractivity contribution in [3.63, 3.8) is 0 Å². The summed E-state index contributed by atoms with van der Waals surface area (Å²) in [5, 5.41) is 14.3. The molecule has 212 valence electrons. The Bertz CT molecular complexity index is 1500. The number of esters is 1. The number of phenolic OH excluding ortho intramolecular Hbond substituents is 1. The first-order valence-corrected chi connectivity index (χ1v) is 14.0. The van der Waals surface area contributed by atoms with Gasteiger partial charge in [-0.1, -0.05) is 48.0 Å². The molecule has 7 nitrogen and oxygen atoms in total. The predicted octanol–water partition coefficient (Wildman–Crippen LogP) is 6.43. The van der Waals surface area contributed by atoms with Crippen LogP contribution in [0.1, 0.15) is 49.7 Å². The van der Waals surface area contributed by atoms with E-state index in [-0.39, 0.29) is 36.4 Å². The van der Waals surface area contributed by atoms with Crippen LogP contribution in [0.3, 0.4) is 0 Å². The second kappa shape index (κ2) is 12.5. The van der Waals surface area contributed by atoms with Crippen molar-refractivity contribution in [1.82, 2.24) is 5.32 Å². The van der Waals surface area contributed by atoms with Gasteiger partial charge in [-0.05, 0) is 73.7 Å². The molecule has 0 unspecified atom stereocenters. The number of hydrogen-bond donors (Lipinski definition) is 2. The van der Waals surface area contributed by atoms with E-state index in [2.05, 4.69) is 5.32 Å². The van der Waals surface area contributed by atoms with Crippen LogP contribution in [0.25, 0.3) is 0 Å². The number of phenols is 1. The standard InChI is InChI=1S/C33H32ClNO6/c1-3-39-29-19-22(11-14-27(29)36)31-30(33(38)41-16-15-40-25-7-5-4-6-8-25)20(2)35-26-17-23(18-28(37)32(26)31)21-9-12-24(34)13-10-21/h4-14,19,23,31,35-36H,3,15-18H2,1-2H3/t23-,31+/m1/s1. The van der Waals surface area contributed by atoms with Crippen LogP contribution in [0.2, 0.25) is 5.02 Å². The van der Waals surface area contributed by atoms with Gasteiger partial charge >= 0.3 is 5.97 Å². The second-order valence-corrected chi connectivity index (χ2v) is 10.5. The number of rotatable bonds is 9. The van der Waals surface area contributed by atoms with Crippen molar-refractivity contribution >= 4 is 23.4 Å². The van der Waals surface area contributed by atoms with E-state index >= 15 is 0 Å². The number of Topliss-reactive ketones (excluding diaryl/α,β-unsaturated/α-hetero) is 1. The maximum atomic E-state index is 13.8. The Kier molecular flexibility index (Phi) is 8.64. The van der Waals surface area contributed by atoms with Crippen molar-refractivity contribution in [3.05, 3.63) is 111 Å². The Morgan fingerprint density at radius 3 is 2.44 bits per heavy atom. The fraction of sp³-hybridized carbons (Fsp3) is 0.273. The molecule has 8 heteroatoms. The first kappa shape index (κ1) is 28.3. The smallest absolute Gasteiger partial charge is 0.336 e. The lowest BCUT2D eigenvalue weighted by atomic mass is 9.71. The van der Waals surface area contributed by atoms with E-state index in [1.54, 1.807) is 12.1 Å². The molecule has 0 aromatic heterocycles. The number of ether oxygens (including phenoxy) is 3. The molecule has 3 aromatic carbocycles. The molecule has 1 aliphatic carbocycles. The number of allylic oxidation sites excluding steroid dienone is 3. The molecule has 0 bridgehead atoms. The van der Waals surface area contributed by atoms with E-state index in [1.165, 1.54) is 6.07 Å². The van der Waals surface area contributed by atoms with Crippen molar-refractivity contribution in [3.8, 4) is 17.2 Å². The van der Waals surface area contributed by atoms with E-state index in [1.807, 2.05) is 68.4 Å².